The summed E-state index contributed by atoms with van der Waals surface area (Å²) in [4.78, 5) is 11.9. The molecule has 9 heteroatoms. The Kier molecular flexibility index (Phi) is 9.87. The summed E-state index contributed by atoms with van der Waals surface area (Å²) in [5.74, 6) is 0. The van der Waals surface area contributed by atoms with Crippen molar-refractivity contribution in [1.29, 1.82) is 0 Å². The summed E-state index contributed by atoms with van der Waals surface area (Å²) in [6.07, 6.45) is -0.473. The molecule has 0 aliphatic heterocycles. The Morgan fingerprint density at radius 3 is 1.38 bits per heavy atom. The van der Waals surface area contributed by atoms with Crippen molar-refractivity contribution in [3.63, 3.8) is 0 Å². The van der Waals surface area contributed by atoms with Crippen LogP contribution in [0.1, 0.15) is 0 Å². The van der Waals surface area contributed by atoms with Gasteiger partial charge in [-0.15, -0.1) is 0 Å². The van der Waals surface area contributed by atoms with Crippen molar-refractivity contribution in [1.82, 2.24) is 0 Å². The van der Waals surface area contributed by atoms with Gasteiger partial charge in [0.2, 0.25) is 0 Å². The molecule has 3 atom stereocenters. The van der Waals surface area contributed by atoms with E-state index in [1.54, 1.807) is 0 Å². The third-order valence-electron chi connectivity index (χ3n) is 2.99. The Morgan fingerprint density at radius 2 is 1.08 bits per heavy atom. The summed E-state index contributed by atoms with van der Waals surface area (Å²) in [6, 6.07) is 0. The minimum atomic E-state index is -1.92. The average molecular weight is 439 g/mol. The second-order valence-electron chi connectivity index (χ2n) is 10.7. The summed E-state index contributed by atoms with van der Waals surface area (Å²) in [7, 11) is -7.42. The number of carbonyl (C=O) groups excluding carboxylic acids is 1. The van der Waals surface area contributed by atoms with E-state index in [-0.39, 0.29) is 6.10 Å². The fourth-order valence-corrected chi connectivity index (χ4v) is 6.21. The quantitative estimate of drug-likeness (QED) is 0.326. The van der Waals surface area contributed by atoms with Crippen LogP contribution in [-0.2, 0) is 22.5 Å². The first-order valence-corrected chi connectivity index (χ1v) is 23.1. The summed E-state index contributed by atoms with van der Waals surface area (Å²) >= 11 is 0. The molecule has 0 aromatic carbocycles. The normalized spacial score (nSPS) is 17.7. The predicted octanol–water partition coefficient (Wildman–Crippen LogP) is 4.70. The Morgan fingerprint density at radius 1 is 0.654 bits per heavy atom. The number of hydrogen-bond donors (Lipinski definition) is 0. The van der Waals surface area contributed by atoms with Gasteiger partial charge in [-0.05, 0) is 78.6 Å². The lowest BCUT2D eigenvalue weighted by Crippen LogP contribution is -2.55. The molecule has 0 aliphatic carbocycles. The zero-order chi connectivity index (χ0) is 21.0. The van der Waals surface area contributed by atoms with Gasteiger partial charge in [0.1, 0.15) is 18.5 Å². The van der Waals surface area contributed by atoms with Gasteiger partial charge in [-0.2, -0.15) is 0 Å². The third-order valence-corrected chi connectivity index (χ3v) is 6.99. The molecular weight excluding hydrogens is 397 g/mol. The largest absolute Gasteiger partial charge is 0.415 e. The van der Waals surface area contributed by atoms with Crippen LogP contribution in [0.25, 0.3) is 0 Å². The van der Waals surface area contributed by atoms with Crippen LogP contribution in [0.3, 0.4) is 0 Å². The monoisotopic (exact) mass is 438 g/mol. The fraction of sp³-hybridized carbons (Fsp3) is 0.941. The molecule has 0 aromatic rings. The molecule has 0 heterocycles. The lowest BCUT2D eigenvalue weighted by molar-refractivity contribution is -0.123. The summed E-state index contributed by atoms with van der Waals surface area (Å²) in [5.41, 5.74) is 0. The van der Waals surface area contributed by atoms with Crippen molar-refractivity contribution >= 4 is 39.6 Å². The van der Waals surface area contributed by atoms with E-state index in [0.717, 1.165) is 6.29 Å². The van der Waals surface area contributed by atoms with Crippen LogP contribution in [0, 0.1) is 0 Å². The second kappa shape index (κ2) is 9.73. The number of hydrogen-bond acceptors (Lipinski definition) is 5. The lowest BCUT2D eigenvalue weighted by atomic mass is 10.1. The molecule has 156 valence electrons. The van der Waals surface area contributed by atoms with Crippen molar-refractivity contribution in [2.45, 2.75) is 96.9 Å². The first-order valence-electron chi connectivity index (χ1n) is 9.46. The molecule has 0 saturated heterocycles. The maximum atomic E-state index is 11.9. The molecule has 0 rings (SSSR count). The van der Waals surface area contributed by atoms with E-state index >= 15 is 0 Å². The van der Waals surface area contributed by atoms with Crippen molar-refractivity contribution in [2.75, 3.05) is 6.61 Å². The number of rotatable bonds is 12. The highest BCUT2D eigenvalue weighted by Gasteiger charge is 2.40. The van der Waals surface area contributed by atoms with Gasteiger partial charge in [-0.3, -0.25) is 0 Å². The topological polar surface area (TPSA) is 54.0 Å². The Labute approximate surface area is 165 Å². The van der Waals surface area contributed by atoms with Gasteiger partial charge in [-0.25, -0.2) is 0 Å². The number of carbonyl (C=O) groups is 1. The van der Waals surface area contributed by atoms with Crippen LogP contribution in [-0.4, -0.2) is 64.5 Å². The Hall–Kier alpha value is 0.378. The van der Waals surface area contributed by atoms with Gasteiger partial charge in [0.15, 0.2) is 33.3 Å². The molecule has 3 unspecified atom stereocenters. The highest BCUT2D eigenvalue weighted by molar-refractivity contribution is 6.71. The van der Waals surface area contributed by atoms with E-state index in [1.807, 2.05) is 0 Å². The Bertz CT molecular complexity index is 432. The fourth-order valence-electron chi connectivity index (χ4n) is 2.33. The summed E-state index contributed by atoms with van der Waals surface area (Å²) < 4.78 is 25.2. The van der Waals surface area contributed by atoms with E-state index in [9.17, 15) is 4.79 Å². The molecule has 0 spiro atoms. The maximum absolute atomic E-state index is 11.9. The zero-order valence-electron chi connectivity index (χ0n) is 19.1. The average Bonchev–Trinajstić information content (AvgIpc) is 2.34. The molecule has 0 saturated carbocycles. The van der Waals surface area contributed by atoms with Crippen LogP contribution in [0.4, 0.5) is 0 Å². The molecule has 26 heavy (non-hydrogen) atoms. The molecule has 5 nitrogen and oxygen atoms in total. The molecule has 0 N–H and O–H groups in total. The first-order chi connectivity index (χ1) is 11.3. The van der Waals surface area contributed by atoms with Gasteiger partial charge in [-0.1, -0.05) is 0 Å². The van der Waals surface area contributed by atoms with E-state index in [4.69, 9.17) is 17.7 Å². The van der Waals surface area contributed by atoms with Crippen LogP contribution >= 0.6 is 0 Å². The summed E-state index contributed by atoms with van der Waals surface area (Å²) in [6.45, 7) is 26.0. The van der Waals surface area contributed by atoms with Gasteiger partial charge >= 0.3 is 0 Å². The van der Waals surface area contributed by atoms with Crippen LogP contribution in [0.5, 0.6) is 0 Å². The van der Waals surface area contributed by atoms with Gasteiger partial charge in [0.25, 0.3) is 0 Å². The molecule has 0 radical (unpaired) electrons. The molecule has 0 amide bonds. The van der Waals surface area contributed by atoms with Crippen LogP contribution < -0.4 is 0 Å². The van der Waals surface area contributed by atoms with Crippen molar-refractivity contribution < 1.29 is 22.5 Å². The van der Waals surface area contributed by atoms with Crippen molar-refractivity contribution in [2.24, 2.45) is 0 Å². The van der Waals surface area contributed by atoms with Crippen LogP contribution in [0.15, 0.2) is 0 Å². The maximum Gasteiger partial charge on any atom is 0.184 e. The van der Waals surface area contributed by atoms with Gasteiger partial charge in [0.05, 0.1) is 12.7 Å². The van der Waals surface area contributed by atoms with Crippen LogP contribution in [0.2, 0.25) is 78.6 Å². The predicted molar refractivity (Wildman–Crippen MR) is 120 cm³/mol. The minimum Gasteiger partial charge on any atom is -0.415 e. The minimum absolute atomic E-state index is 0.299. The van der Waals surface area contributed by atoms with E-state index in [1.165, 1.54) is 0 Å². The highest BCUT2D eigenvalue weighted by Crippen LogP contribution is 2.23. The standard InChI is InChI=1S/C17H42O5Si4/c1-23(2,3)19-14-16(21-25(7,8)9)17(22-26(10,11)12)15(13-18)20-24(4,5)6/h13,15-17H,14H2,1-12H3. The zero-order valence-corrected chi connectivity index (χ0v) is 23.1. The molecular formula is C17H42O5Si4. The van der Waals surface area contributed by atoms with E-state index in [2.05, 4.69) is 78.6 Å². The number of aldehydes is 1. The molecule has 0 fully saturated rings. The molecule has 0 aromatic heterocycles. The molecule has 0 aliphatic rings. The van der Waals surface area contributed by atoms with Gasteiger partial charge in [0, 0.05) is 0 Å². The Balaban J connectivity index is 5.76. The summed E-state index contributed by atoms with van der Waals surface area (Å²) in [5, 5.41) is 0. The third kappa shape index (κ3) is 13.5. The van der Waals surface area contributed by atoms with E-state index < -0.39 is 45.5 Å². The van der Waals surface area contributed by atoms with Gasteiger partial charge < -0.3 is 22.5 Å². The van der Waals surface area contributed by atoms with E-state index in [0.29, 0.717) is 6.61 Å². The van der Waals surface area contributed by atoms with Crippen molar-refractivity contribution in [3.05, 3.63) is 0 Å². The smallest absolute Gasteiger partial charge is 0.184 e. The lowest BCUT2D eigenvalue weighted by Gasteiger charge is -2.40. The van der Waals surface area contributed by atoms with Crippen molar-refractivity contribution in [3.8, 4) is 0 Å². The SMILES string of the molecule is C[Si](C)(C)OCC(O[Si](C)(C)C)C(O[Si](C)(C)C)C(C=O)O[Si](C)(C)C. The highest BCUT2D eigenvalue weighted by atomic mass is 28.4. The molecule has 0 bridgehead atoms. The first kappa shape index (κ1) is 26.4. The second-order valence-corrected chi connectivity index (χ2v) is 28.6.